The Kier molecular flexibility index (Phi) is 5.99. The largest absolute Gasteiger partial charge is 0.352 e. The number of aromatic nitrogens is 2. The van der Waals surface area contributed by atoms with Gasteiger partial charge in [0.05, 0.1) is 23.5 Å². The van der Waals surface area contributed by atoms with Crippen LogP contribution < -0.4 is 16.4 Å². The highest BCUT2D eigenvalue weighted by molar-refractivity contribution is 7.10. The number of hydrogen-bond donors (Lipinski definition) is 3. The third kappa shape index (κ3) is 4.59. The lowest BCUT2D eigenvalue weighted by Gasteiger charge is -2.21. The molecule has 2 aromatic carbocycles. The van der Waals surface area contributed by atoms with E-state index in [-0.39, 0.29) is 12.3 Å². The lowest BCUT2D eigenvalue weighted by atomic mass is 10.1. The molecule has 0 spiro atoms. The number of imidazole rings is 1. The Morgan fingerprint density at radius 2 is 1.77 bits per heavy atom. The molecule has 0 saturated carbocycles. The van der Waals surface area contributed by atoms with E-state index in [1.807, 2.05) is 83.7 Å². The van der Waals surface area contributed by atoms with E-state index < -0.39 is 18.1 Å². The van der Waals surface area contributed by atoms with E-state index in [2.05, 4.69) is 10.6 Å². The number of carbonyl (C=O) groups excluding carboxylic acids is 2. The van der Waals surface area contributed by atoms with Crippen molar-refractivity contribution in [2.24, 2.45) is 12.8 Å². The van der Waals surface area contributed by atoms with Crippen LogP contribution in [0.2, 0.25) is 0 Å². The lowest BCUT2D eigenvalue weighted by molar-refractivity contribution is -0.122. The lowest BCUT2D eigenvalue weighted by Crippen LogP contribution is -2.38. The van der Waals surface area contributed by atoms with E-state index in [4.69, 9.17) is 10.7 Å². The van der Waals surface area contributed by atoms with Crippen LogP contribution >= 0.6 is 11.3 Å². The highest BCUT2D eigenvalue weighted by Crippen LogP contribution is 2.27. The molecule has 8 heteroatoms. The number of thiophene rings is 1. The fourth-order valence-corrected chi connectivity index (χ4v) is 4.43. The van der Waals surface area contributed by atoms with Crippen molar-refractivity contribution in [2.75, 3.05) is 0 Å². The van der Waals surface area contributed by atoms with Gasteiger partial charge in [0.25, 0.3) is 0 Å². The Bertz CT molecular complexity index is 1190. The standard InChI is InChI=1S/C23H23N5O2S/c1-28-18-11-6-5-10-16(18)25-22(28)21(15-8-3-2-4-9-15)27-20(29)14-17(26-23(24)30)19-12-7-13-31-19/h2-13,17,21H,14H2,1H3,(H,27,29)(H3,24,26,30). The quantitative estimate of drug-likeness (QED) is 0.415. The number of nitrogens with two attached hydrogens (primary N) is 1. The van der Waals surface area contributed by atoms with Gasteiger partial charge in [-0.3, -0.25) is 4.79 Å². The minimum Gasteiger partial charge on any atom is -0.352 e. The van der Waals surface area contributed by atoms with Crippen molar-refractivity contribution in [3.05, 3.63) is 88.4 Å². The van der Waals surface area contributed by atoms with Crippen molar-refractivity contribution >= 4 is 34.3 Å². The minimum absolute atomic E-state index is 0.0662. The molecule has 4 aromatic rings. The number of primary amides is 1. The second-order valence-electron chi connectivity index (χ2n) is 7.21. The molecular weight excluding hydrogens is 410 g/mol. The number of carbonyl (C=O) groups is 2. The molecule has 2 unspecified atom stereocenters. The van der Waals surface area contributed by atoms with E-state index in [9.17, 15) is 9.59 Å². The summed E-state index contributed by atoms with van der Waals surface area (Å²) in [5.41, 5.74) is 8.10. The Morgan fingerprint density at radius 1 is 1.03 bits per heavy atom. The zero-order valence-corrected chi connectivity index (χ0v) is 17.8. The summed E-state index contributed by atoms with van der Waals surface area (Å²) in [5, 5.41) is 7.67. The van der Waals surface area contributed by atoms with Crippen molar-refractivity contribution < 1.29 is 9.59 Å². The molecule has 0 aliphatic heterocycles. The summed E-state index contributed by atoms with van der Waals surface area (Å²) in [6.07, 6.45) is 0.0662. The summed E-state index contributed by atoms with van der Waals surface area (Å²) in [6, 6.07) is 19.7. The summed E-state index contributed by atoms with van der Waals surface area (Å²) in [7, 11) is 1.94. The van der Waals surface area contributed by atoms with E-state index in [1.54, 1.807) is 0 Å². The molecule has 31 heavy (non-hydrogen) atoms. The van der Waals surface area contributed by atoms with Crippen LogP contribution in [0.1, 0.15) is 34.8 Å². The van der Waals surface area contributed by atoms with Crippen LogP contribution in [0.5, 0.6) is 0 Å². The maximum Gasteiger partial charge on any atom is 0.312 e. The number of urea groups is 1. The monoisotopic (exact) mass is 433 g/mol. The molecular formula is C23H23N5O2S. The Balaban J connectivity index is 1.64. The number of hydrogen-bond acceptors (Lipinski definition) is 4. The van der Waals surface area contributed by atoms with Crippen molar-refractivity contribution in [3.63, 3.8) is 0 Å². The maximum absolute atomic E-state index is 13.1. The average Bonchev–Trinajstić information content (AvgIpc) is 3.41. The van der Waals surface area contributed by atoms with Gasteiger partial charge in [-0.25, -0.2) is 9.78 Å². The molecule has 7 nitrogen and oxygen atoms in total. The molecule has 0 saturated heterocycles. The molecule has 0 bridgehead atoms. The number of aryl methyl sites for hydroxylation is 1. The van der Waals surface area contributed by atoms with E-state index in [0.29, 0.717) is 0 Å². The van der Waals surface area contributed by atoms with E-state index >= 15 is 0 Å². The summed E-state index contributed by atoms with van der Waals surface area (Å²) < 4.78 is 1.99. The van der Waals surface area contributed by atoms with Gasteiger partial charge in [0, 0.05) is 11.9 Å². The normalized spacial score (nSPS) is 12.9. The van der Waals surface area contributed by atoms with Crippen molar-refractivity contribution in [1.82, 2.24) is 20.2 Å². The van der Waals surface area contributed by atoms with Crippen LogP contribution in [-0.2, 0) is 11.8 Å². The second-order valence-corrected chi connectivity index (χ2v) is 8.19. The first-order chi connectivity index (χ1) is 15.0. The van der Waals surface area contributed by atoms with E-state index in [0.717, 1.165) is 27.3 Å². The first kappa shape index (κ1) is 20.6. The van der Waals surface area contributed by atoms with Gasteiger partial charge in [-0.2, -0.15) is 0 Å². The molecule has 3 amide bonds. The fourth-order valence-electron chi connectivity index (χ4n) is 3.65. The highest BCUT2D eigenvalue weighted by atomic mass is 32.1. The molecule has 2 aromatic heterocycles. The van der Waals surface area contributed by atoms with Gasteiger partial charge in [-0.05, 0) is 29.1 Å². The number of nitrogens with one attached hydrogen (secondary N) is 2. The number of para-hydroxylation sites is 2. The zero-order valence-electron chi connectivity index (χ0n) is 17.0. The van der Waals surface area contributed by atoms with Gasteiger partial charge in [-0.15, -0.1) is 11.3 Å². The fraction of sp³-hybridized carbons (Fsp3) is 0.174. The van der Waals surface area contributed by atoms with Crippen molar-refractivity contribution in [2.45, 2.75) is 18.5 Å². The molecule has 4 N–H and O–H groups in total. The van der Waals surface area contributed by atoms with Crippen molar-refractivity contribution in [3.8, 4) is 0 Å². The maximum atomic E-state index is 13.1. The molecule has 0 aliphatic carbocycles. The molecule has 0 radical (unpaired) electrons. The van der Waals surface area contributed by atoms with E-state index in [1.165, 1.54) is 11.3 Å². The molecule has 4 rings (SSSR count). The highest BCUT2D eigenvalue weighted by Gasteiger charge is 2.25. The minimum atomic E-state index is -0.666. The predicted octanol–water partition coefficient (Wildman–Crippen LogP) is 3.64. The third-order valence-corrected chi connectivity index (χ3v) is 6.10. The predicted molar refractivity (Wildman–Crippen MR) is 122 cm³/mol. The van der Waals surface area contributed by atoms with Crippen LogP contribution in [0.3, 0.4) is 0 Å². The SMILES string of the molecule is Cn1c(C(NC(=O)CC(NC(N)=O)c2cccs2)c2ccccc2)nc2ccccc21. The Labute approximate surface area is 183 Å². The van der Waals surface area contributed by atoms with Gasteiger partial charge < -0.3 is 20.9 Å². The summed E-state index contributed by atoms with van der Waals surface area (Å²) in [5.74, 6) is 0.518. The Hall–Kier alpha value is -3.65. The topological polar surface area (TPSA) is 102 Å². The van der Waals surface area contributed by atoms with Gasteiger partial charge in [0.1, 0.15) is 11.9 Å². The Morgan fingerprint density at radius 3 is 2.45 bits per heavy atom. The van der Waals surface area contributed by atoms with Crippen LogP contribution in [0.25, 0.3) is 11.0 Å². The first-order valence-electron chi connectivity index (χ1n) is 9.88. The smallest absolute Gasteiger partial charge is 0.312 e. The zero-order chi connectivity index (χ0) is 21.8. The number of rotatable bonds is 7. The number of fused-ring (bicyclic) bond motifs is 1. The van der Waals surface area contributed by atoms with Crippen LogP contribution in [0, 0.1) is 0 Å². The van der Waals surface area contributed by atoms with Crippen LogP contribution in [-0.4, -0.2) is 21.5 Å². The molecule has 0 fully saturated rings. The van der Waals surface area contributed by atoms with Gasteiger partial charge in [0.2, 0.25) is 5.91 Å². The van der Waals surface area contributed by atoms with Crippen LogP contribution in [0.4, 0.5) is 4.79 Å². The molecule has 2 heterocycles. The van der Waals surface area contributed by atoms with Crippen molar-refractivity contribution in [1.29, 1.82) is 0 Å². The molecule has 0 aliphatic rings. The van der Waals surface area contributed by atoms with Crippen LogP contribution in [0.15, 0.2) is 72.1 Å². The van der Waals surface area contributed by atoms with Gasteiger partial charge in [-0.1, -0.05) is 48.5 Å². The second kappa shape index (κ2) is 9.01. The number of benzene rings is 2. The molecule has 2 atom stereocenters. The first-order valence-corrected chi connectivity index (χ1v) is 10.8. The number of nitrogens with zero attached hydrogens (tertiary/aromatic N) is 2. The summed E-state index contributed by atoms with van der Waals surface area (Å²) >= 11 is 1.47. The van der Waals surface area contributed by atoms with Gasteiger partial charge >= 0.3 is 6.03 Å². The van der Waals surface area contributed by atoms with Gasteiger partial charge in [0.15, 0.2) is 0 Å². The summed E-state index contributed by atoms with van der Waals surface area (Å²) in [4.78, 5) is 30.2. The molecule has 158 valence electrons. The third-order valence-electron chi connectivity index (χ3n) is 5.11. The average molecular weight is 434 g/mol. The number of amides is 3. The summed E-state index contributed by atoms with van der Waals surface area (Å²) in [6.45, 7) is 0.